The normalized spacial score (nSPS) is 15.1. The van der Waals surface area contributed by atoms with Gasteiger partial charge in [0.1, 0.15) is 10.8 Å². The molecule has 7 heteroatoms. The van der Waals surface area contributed by atoms with Crippen molar-refractivity contribution in [2.75, 3.05) is 30.3 Å². The molecule has 1 aliphatic heterocycles. The predicted octanol–water partition coefficient (Wildman–Crippen LogP) is 7.25. The summed E-state index contributed by atoms with van der Waals surface area (Å²) in [5, 5.41) is 7.26. The van der Waals surface area contributed by atoms with Gasteiger partial charge in [0.05, 0.1) is 18.5 Å². The van der Waals surface area contributed by atoms with E-state index in [-0.39, 0.29) is 5.41 Å². The van der Waals surface area contributed by atoms with Crippen LogP contribution in [-0.2, 0) is 12.0 Å². The van der Waals surface area contributed by atoms with Crippen LogP contribution in [0.2, 0.25) is 5.02 Å². The molecule has 0 saturated heterocycles. The summed E-state index contributed by atoms with van der Waals surface area (Å²) >= 11 is 6.47. The van der Waals surface area contributed by atoms with Crippen molar-refractivity contribution in [3.05, 3.63) is 64.3 Å². The van der Waals surface area contributed by atoms with E-state index < -0.39 is 0 Å². The summed E-state index contributed by atoms with van der Waals surface area (Å²) < 4.78 is 6.04. The van der Waals surface area contributed by atoms with Gasteiger partial charge in [0.25, 0.3) is 0 Å². The zero-order chi connectivity index (χ0) is 25.2. The fraction of sp³-hybridized carbons (Fsp3) is 0.429. The number of rotatable bonds is 8. The maximum Gasteiger partial charge on any atom is 0.229 e. The van der Waals surface area contributed by atoms with Crippen LogP contribution in [0.5, 0.6) is 5.75 Å². The number of hydrogen-bond acceptors (Lipinski definition) is 6. The second-order valence-electron chi connectivity index (χ2n) is 10.0. The standard InChI is InChI=1S/C28H36ClN5O/c1-7-34-16-19-13-24(25(35-8-2)14-21(19)28(5,6)17-34)32-27-30-15-22(29)26(33-27)31-23-12-10-9-11-20(23)18(3)4/h9-15,18H,7-8,16-17H2,1-6H3,(H2,30,31,32,33). The highest BCUT2D eigenvalue weighted by Gasteiger charge is 2.32. The van der Waals surface area contributed by atoms with Gasteiger partial charge in [-0.3, -0.25) is 4.90 Å². The number of anilines is 4. The molecule has 35 heavy (non-hydrogen) atoms. The second-order valence-corrected chi connectivity index (χ2v) is 10.4. The van der Waals surface area contributed by atoms with Crippen LogP contribution in [0.1, 0.15) is 64.2 Å². The topological polar surface area (TPSA) is 62.3 Å². The summed E-state index contributed by atoms with van der Waals surface area (Å²) in [6.45, 7) is 16.7. The first-order valence-electron chi connectivity index (χ1n) is 12.4. The molecule has 6 nitrogen and oxygen atoms in total. The molecule has 0 bridgehead atoms. The zero-order valence-electron chi connectivity index (χ0n) is 21.6. The number of para-hydroxylation sites is 1. The molecule has 1 aromatic heterocycles. The molecule has 2 N–H and O–H groups in total. The van der Waals surface area contributed by atoms with Gasteiger partial charge >= 0.3 is 0 Å². The lowest BCUT2D eigenvalue weighted by Crippen LogP contribution is -2.41. The van der Waals surface area contributed by atoms with E-state index in [9.17, 15) is 0 Å². The molecule has 0 aliphatic carbocycles. The van der Waals surface area contributed by atoms with Crippen molar-refractivity contribution in [1.29, 1.82) is 0 Å². The molecule has 0 unspecified atom stereocenters. The highest BCUT2D eigenvalue weighted by atomic mass is 35.5. The van der Waals surface area contributed by atoms with Crippen molar-refractivity contribution < 1.29 is 4.74 Å². The van der Waals surface area contributed by atoms with Crippen LogP contribution in [0, 0.1) is 0 Å². The Morgan fingerprint density at radius 3 is 2.60 bits per heavy atom. The first kappa shape index (κ1) is 25.3. The summed E-state index contributed by atoms with van der Waals surface area (Å²) in [5.41, 5.74) is 5.72. The van der Waals surface area contributed by atoms with E-state index >= 15 is 0 Å². The molecule has 2 heterocycles. The smallest absolute Gasteiger partial charge is 0.229 e. The van der Waals surface area contributed by atoms with Crippen molar-refractivity contribution in [2.24, 2.45) is 0 Å². The van der Waals surface area contributed by atoms with E-state index in [1.807, 2.05) is 25.1 Å². The maximum absolute atomic E-state index is 6.47. The molecule has 0 fully saturated rings. The molecule has 0 atom stereocenters. The Morgan fingerprint density at radius 2 is 1.89 bits per heavy atom. The van der Waals surface area contributed by atoms with Crippen LogP contribution in [0.4, 0.5) is 23.1 Å². The van der Waals surface area contributed by atoms with Gasteiger partial charge < -0.3 is 15.4 Å². The van der Waals surface area contributed by atoms with Crippen molar-refractivity contribution in [3.63, 3.8) is 0 Å². The van der Waals surface area contributed by atoms with Crippen LogP contribution in [0.15, 0.2) is 42.6 Å². The Hall–Kier alpha value is -2.83. The number of fused-ring (bicyclic) bond motifs is 1. The van der Waals surface area contributed by atoms with E-state index in [4.69, 9.17) is 21.3 Å². The molecule has 4 rings (SSSR count). The van der Waals surface area contributed by atoms with Gasteiger partial charge in [0.2, 0.25) is 5.95 Å². The van der Waals surface area contributed by atoms with Crippen molar-refractivity contribution in [1.82, 2.24) is 14.9 Å². The molecule has 0 amide bonds. The number of aromatic nitrogens is 2. The molecular weight excluding hydrogens is 458 g/mol. The Kier molecular flexibility index (Phi) is 7.53. The lowest BCUT2D eigenvalue weighted by molar-refractivity contribution is 0.203. The SMILES string of the molecule is CCOc1cc2c(cc1Nc1ncc(Cl)c(Nc3ccccc3C(C)C)n1)CN(CC)CC2(C)C. The molecule has 3 aromatic rings. The summed E-state index contributed by atoms with van der Waals surface area (Å²) in [4.78, 5) is 11.6. The third-order valence-corrected chi connectivity index (χ3v) is 6.80. The van der Waals surface area contributed by atoms with Gasteiger partial charge in [-0.15, -0.1) is 0 Å². The fourth-order valence-electron chi connectivity index (χ4n) is 4.80. The third-order valence-electron chi connectivity index (χ3n) is 6.52. The minimum atomic E-state index is 0.0473. The fourth-order valence-corrected chi connectivity index (χ4v) is 4.94. The first-order chi connectivity index (χ1) is 16.7. The second kappa shape index (κ2) is 10.4. The Labute approximate surface area is 214 Å². The lowest BCUT2D eigenvalue weighted by Gasteiger charge is -2.40. The summed E-state index contributed by atoms with van der Waals surface area (Å²) in [6.07, 6.45) is 1.62. The molecule has 2 aromatic carbocycles. The Morgan fingerprint density at radius 1 is 1.11 bits per heavy atom. The largest absolute Gasteiger partial charge is 0.492 e. The van der Waals surface area contributed by atoms with E-state index in [1.54, 1.807) is 6.20 Å². The summed E-state index contributed by atoms with van der Waals surface area (Å²) in [5.74, 6) is 2.20. The molecule has 0 radical (unpaired) electrons. The third kappa shape index (κ3) is 5.54. The predicted molar refractivity (Wildman–Crippen MR) is 146 cm³/mol. The quantitative estimate of drug-likeness (QED) is 0.344. The van der Waals surface area contributed by atoms with Gasteiger partial charge in [0, 0.05) is 24.2 Å². The van der Waals surface area contributed by atoms with Gasteiger partial charge in [-0.1, -0.05) is 64.4 Å². The van der Waals surface area contributed by atoms with Gasteiger partial charge in [-0.25, -0.2) is 4.98 Å². The number of nitrogens with one attached hydrogen (secondary N) is 2. The number of hydrogen-bond donors (Lipinski definition) is 2. The van der Waals surface area contributed by atoms with Crippen LogP contribution in [-0.4, -0.2) is 34.6 Å². The minimum Gasteiger partial charge on any atom is -0.492 e. The number of ether oxygens (including phenoxy) is 1. The van der Waals surface area contributed by atoms with Crippen LogP contribution < -0.4 is 15.4 Å². The molecule has 0 saturated carbocycles. The van der Waals surface area contributed by atoms with Gasteiger partial charge in [-0.2, -0.15) is 4.98 Å². The van der Waals surface area contributed by atoms with Crippen LogP contribution in [0.3, 0.4) is 0 Å². The first-order valence-corrected chi connectivity index (χ1v) is 12.8. The van der Waals surface area contributed by atoms with Crippen molar-refractivity contribution in [2.45, 2.75) is 59.4 Å². The highest BCUT2D eigenvalue weighted by Crippen LogP contribution is 2.40. The number of benzene rings is 2. The highest BCUT2D eigenvalue weighted by molar-refractivity contribution is 6.32. The zero-order valence-corrected chi connectivity index (χ0v) is 22.3. The number of likely N-dealkylation sites (N-methyl/N-ethyl adjacent to an activating group) is 1. The van der Waals surface area contributed by atoms with Crippen LogP contribution in [0.25, 0.3) is 0 Å². The molecule has 0 spiro atoms. The minimum absolute atomic E-state index is 0.0473. The average Bonchev–Trinajstić information content (AvgIpc) is 2.82. The lowest BCUT2D eigenvalue weighted by atomic mass is 9.78. The summed E-state index contributed by atoms with van der Waals surface area (Å²) in [7, 11) is 0. The van der Waals surface area contributed by atoms with Crippen LogP contribution >= 0.6 is 11.6 Å². The van der Waals surface area contributed by atoms with Gasteiger partial charge in [0.15, 0.2) is 5.82 Å². The van der Waals surface area contributed by atoms with Gasteiger partial charge in [-0.05, 0) is 54.3 Å². The van der Waals surface area contributed by atoms with E-state index in [0.717, 1.165) is 36.8 Å². The average molecular weight is 494 g/mol. The van der Waals surface area contributed by atoms with Crippen molar-refractivity contribution in [3.8, 4) is 5.75 Å². The molecule has 186 valence electrons. The van der Waals surface area contributed by atoms with E-state index in [0.29, 0.717) is 29.3 Å². The molecule has 1 aliphatic rings. The maximum atomic E-state index is 6.47. The monoisotopic (exact) mass is 493 g/mol. The van der Waals surface area contributed by atoms with E-state index in [2.05, 4.69) is 73.3 Å². The Balaban J connectivity index is 1.68. The van der Waals surface area contributed by atoms with E-state index in [1.165, 1.54) is 16.7 Å². The van der Waals surface area contributed by atoms with Crippen molar-refractivity contribution >= 4 is 34.7 Å². The summed E-state index contributed by atoms with van der Waals surface area (Å²) in [6, 6.07) is 12.6. The number of halogens is 1. The molecular formula is C28H36ClN5O. The Bertz CT molecular complexity index is 1190. The number of nitrogens with zero attached hydrogens (tertiary/aromatic N) is 3.